The Morgan fingerprint density at radius 1 is 1.00 bits per heavy atom. The van der Waals surface area contributed by atoms with Crippen molar-refractivity contribution in [2.75, 3.05) is 19.8 Å². The molecule has 0 saturated carbocycles. The molecule has 0 radical (unpaired) electrons. The van der Waals surface area contributed by atoms with Gasteiger partial charge in [-0.2, -0.15) is 0 Å². The van der Waals surface area contributed by atoms with Crippen LogP contribution in [0.2, 0.25) is 15.1 Å². The highest BCUT2D eigenvalue weighted by molar-refractivity contribution is 6.37. The molecule has 1 heterocycles. The van der Waals surface area contributed by atoms with Crippen LogP contribution < -0.4 is 4.74 Å². The second-order valence-corrected chi connectivity index (χ2v) is 6.90. The van der Waals surface area contributed by atoms with E-state index in [0.29, 0.717) is 30.4 Å². The maximum Gasteiger partial charge on any atom is 0.198 e. The predicted molar refractivity (Wildman–Crippen MR) is 97.9 cm³/mol. The minimum absolute atomic E-state index is 0.0149. The van der Waals surface area contributed by atoms with E-state index in [0.717, 1.165) is 12.0 Å². The smallest absolute Gasteiger partial charge is 0.198 e. The first kappa shape index (κ1) is 18.6. The fourth-order valence-corrected chi connectivity index (χ4v) is 3.42. The van der Waals surface area contributed by atoms with Crippen molar-refractivity contribution in [1.82, 2.24) is 0 Å². The van der Waals surface area contributed by atoms with Gasteiger partial charge in [-0.05, 0) is 18.6 Å². The molecule has 0 atom stereocenters. The van der Waals surface area contributed by atoms with Crippen LogP contribution in [0.1, 0.15) is 18.4 Å². The molecule has 1 saturated heterocycles. The van der Waals surface area contributed by atoms with Gasteiger partial charge >= 0.3 is 0 Å². The summed E-state index contributed by atoms with van der Waals surface area (Å²) >= 11 is 18.1. The summed E-state index contributed by atoms with van der Waals surface area (Å²) in [6.45, 7) is 1.47. The molecule has 1 aliphatic heterocycles. The number of halogens is 3. The lowest BCUT2D eigenvalue weighted by molar-refractivity contribution is -0.281. The van der Waals surface area contributed by atoms with Crippen molar-refractivity contribution in [3.05, 3.63) is 57.0 Å². The van der Waals surface area contributed by atoms with Gasteiger partial charge in [0.1, 0.15) is 5.75 Å². The highest BCUT2D eigenvalue weighted by Crippen LogP contribution is 2.38. The van der Waals surface area contributed by atoms with E-state index in [4.69, 9.17) is 49.0 Å². The molecule has 25 heavy (non-hydrogen) atoms. The summed E-state index contributed by atoms with van der Waals surface area (Å²) in [7, 11) is 0. The van der Waals surface area contributed by atoms with Gasteiger partial charge in [-0.25, -0.2) is 0 Å². The van der Waals surface area contributed by atoms with Gasteiger partial charge in [0.2, 0.25) is 0 Å². The number of phenols is 1. The van der Waals surface area contributed by atoms with Crippen molar-refractivity contribution >= 4 is 34.8 Å². The van der Waals surface area contributed by atoms with E-state index in [9.17, 15) is 5.11 Å². The van der Waals surface area contributed by atoms with Crippen LogP contribution >= 0.6 is 34.8 Å². The molecule has 0 aromatic heterocycles. The molecule has 0 spiro atoms. The van der Waals surface area contributed by atoms with Gasteiger partial charge in [-0.3, -0.25) is 0 Å². The van der Waals surface area contributed by atoms with Crippen molar-refractivity contribution in [3.8, 4) is 11.5 Å². The number of hydrogen-bond acceptors (Lipinski definition) is 4. The average molecular weight is 404 g/mol. The van der Waals surface area contributed by atoms with Gasteiger partial charge in [-0.15, -0.1) is 0 Å². The molecule has 1 fully saturated rings. The SMILES string of the molecule is Oc1cc(Cl)c(OCCC2(c3ccc(Cl)cc3)OCCCO2)c(Cl)c1. The average Bonchev–Trinajstić information content (AvgIpc) is 2.58. The third-order valence-electron chi connectivity index (χ3n) is 3.90. The summed E-state index contributed by atoms with van der Waals surface area (Å²) in [5.41, 5.74) is 0.878. The van der Waals surface area contributed by atoms with Crippen molar-refractivity contribution in [3.63, 3.8) is 0 Å². The standard InChI is InChI=1S/C18H17Cl3O4/c19-13-4-2-12(3-5-13)18(24-7-1-8-25-18)6-9-23-17-15(20)10-14(22)11-16(17)21/h2-5,10-11,22H,1,6-9H2. The lowest BCUT2D eigenvalue weighted by Gasteiger charge is -2.37. The topological polar surface area (TPSA) is 47.9 Å². The fourth-order valence-electron chi connectivity index (χ4n) is 2.71. The molecular weight excluding hydrogens is 387 g/mol. The first-order valence-electron chi connectivity index (χ1n) is 7.85. The molecular formula is C18H17Cl3O4. The first-order chi connectivity index (χ1) is 12.0. The lowest BCUT2D eigenvalue weighted by Crippen LogP contribution is -2.39. The molecule has 134 valence electrons. The monoisotopic (exact) mass is 402 g/mol. The van der Waals surface area contributed by atoms with Crippen LogP contribution in [0.15, 0.2) is 36.4 Å². The Balaban J connectivity index is 1.75. The van der Waals surface area contributed by atoms with Gasteiger partial charge in [-0.1, -0.05) is 46.9 Å². The van der Waals surface area contributed by atoms with Gasteiger partial charge in [0.05, 0.1) is 29.9 Å². The quantitative estimate of drug-likeness (QED) is 0.725. The second kappa shape index (κ2) is 8.02. The summed E-state index contributed by atoms with van der Waals surface area (Å²) in [5, 5.41) is 10.6. The van der Waals surface area contributed by atoms with Crippen LogP contribution in [0.25, 0.3) is 0 Å². The van der Waals surface area contributed by atoms with Crippen LogP contribution in [-0.2, 0) is 15.3 Å². The van der Waals surface area contributed by atoms with E-state index in [2.05, 4.69) is 0 Å². The van der Waals surface area contributed by atoms with Crippen LogP contribution in [-0.4, -0.2) is 24.9 Å². The number of ether oxygens (including phenoxy) is 3. The van der Waals surface area contributed by atoms with E-state index < -0.39 is 5.79 Å². The Morgan fingerprint density at radius 2 is 1.60 bits per heavy atom. The molecule has 1 aliphatic rings. The zero-order valence-electron chi connectivity index (χ0n) is 13.3. The summed E-state index contributed by atoms with van der Waals surface area (Å²) in [4.78, 5) is 0. The molecule has 0 unspecified atom stereocenters. The minimum atomic E-state index is -0.890. The van der Waals surface area contributed by atoms with E-state index in [1.165, 1.54) is 12.1 Å². The third kappa shape index (κ3) is 4.33. The zero-order valence-corrected chi connectivity index (χ0v) is 15.6. The molecule has 4 nitrogen and oxygen atoms in total. The summed E-state index contributed by atoms with van der Waals surface area (Å²) in [6, 6.07) is 10.1. The Bertz CT molecular complexity index is 705. The van der Waals surface area contributed by atoms with Gasteiger partial charge < -0.3 is 19.3 Å². The summed E-state index contributed by atoms with van der Waals surface area (Å²) in [5.74, 6) is -0.583. The number of aromatic hydroxyl groups is 1. The van der Waals surface area contributed by atoms with Crippen LogP contribution in [0.3, 0.4) is 0 Å². The Morgan fingerprint density at radius 3 is 2.20 bits per heavy atom. The number of benzene rings is 2. The van der Waals surface area contributed by atoms with Crippen LogP contribution in [0.5, 0.6) is 11.5 Å². The Hall–Kier alpha value is -1.17. The fraction of sp³-hybridized carbons (Fsp3) is 0.333. The van der Waals surface area contributed by atoms with Crippen LogP contribution in [0, 0.1) is 0 Å². The molecule has 3 rings (SSSR count). The van der Waals surface area contributed by atoms with Gasteiger partial charge in [0.15, 0.2) is 11.5 Å². The van der Waals surface area contributed by atoms with Crippen LogP contribution in [0.4, 0.5) is 0 Å². The number of hydrogen-bond donors (Lipinski definition) is 1. The summed E-state index contributed by atoms with van der Waals surface area (Å²) in [6.07, 6.45) is 1.29. The molecule has 0 amide bonds. The van der Waals surface area contributed by atoms with E-state index >= 15 is 0 Å². The zero-order chi connectivity index (χ0) is 17.9. The maximum absolute atomic E-state index is 9.48. The van der Waals surface area contributed by atoms with Gasteiger partial charge in [0.25, 0.3) is 0 Å². The molecule has 2 aromatic rings. The minimum Gasteiger partial charge on any atom is -0.508 e. The first-order valence-corrected chi connectivity index (χ1v) is 8.98. The third-order valence-corrected chi connectivity index (χ3v) is 4.72. The predicted octanol–water partition coefficient (Wildman–Crippen LogP) is 5.41. The van der Waals surface area contributed by atoms with E-state index in [1.54, 1.807) is 12.1 Å². The molecule has 0 aliphatic carbocycles. The Kier molecular flexibility index (Phi) is 5.97. The maximum atomic E-state index is 9.48. The molecule has 0 bridgehead atoms. The van der Waals surface area contributed by atoms with Gasteiger partial charge in [0, 0.05) is 29.1 Å². The lowest BCUT2D eigenvalue weighted by atomic mass is 10.0. The van der Waals surface area contributed by atoms with Crippen molar-refractivity contribution < 1.29 is 19.3 Å². The second-order valence-electron chi connectivity index (χ2n) is 5.65. The molecule has 2 aromatic carbocycles. The Labute approximate surface area is 161 Å². The van der Waals surface area contributed by atoms with Crippen molar-refractivity contribution in [2.24, 2.45) is 0 Å². The highest BCUT2D eigenvalue weighted by atomic mass is 35.5. The van der Waals surface area contributed by atoms with Crippen molar-refractivity contribution in [1.29, 1.82) is 0 Å². The van der Waals surface area contributed by atoms with Crippen molar-refractivity contribution in [2.45, 2.75) is 18.6 Å². The molecule has 1 N–H and O–H groups in total. The normalized spacial score (nSPS) is 16.6. The molecule has 7 heteroatoms. The number of rotatable bonds is 5. The van der Waals surface area contributed by atoms with E-state index in [-0.39, 0.29) is 22.4 Å². The number of phenolic OH excluding ortho intramolecular Hbond substituents is 1. The highest BCUT2D eigenvalue weighted by Gasteiger charge is 2.36. The largest absolute Gasteiger partial charge is 0.508 e. The van der Waals surface area contributed by atoms with E-state index in [1.807, 2.05) is 12.1 Å². The summed E-state index contributed by atoms with van der Waals surface area (Å²) < 4.78 is 17.7.